The Morgan fingerprint density at radius 3 is 2.75 bits per heavy atom. The molecule has 3 rings (SSSR count). The van der Waals surface area contributed by atoms with Crippen molar-refractivity contribution in [2.24, 2.45) is 0 Å². The number of aromatic nitrogens is 2. The summed E-state index contributed by atoms with van der Waals surface area (Å²) in [6.45, 7) is 5.35. The maximum Gasteiger partial charge on any atom is 0.338 e. The zero-order valence-corrected chi connectivity index (χ0v) is 11.7. The lowest BCUT2D eigenvalue weighted by atomic mass is 9.97. The Labute approximate surface area is 118 Å². The van der Waals surface area contributed by atoms with E-state index in [1.165, 1.54) is 38.2 Å². The highest BCUT2D eigenvalue weighted by Crippen LogP contribution is 2.26. The maximum atomic E-state index is 10.8. The van der Waals surface area contributed by atoms with E-state index >= 15 is 0 Å². The van der Waals surface area contributed by atoms with Crippen LogP contribution in [0.1, 0.15) is 36.5 Å². The lowest BCUT2D eigenvalue weighted by Gasteiger charge is -2.47. The van der Waals surface area contributed by atoms with Crippen LogP contribution in [0, 0.1) is 0 Å². The molecule has 2 fully saturated rings. The minimum atomic E-state index is -0.985. The highest BCUT2D eigenvalue weighted by atomic mass is 16.4. The molecule has 2 aliphatic rings. The molecular weight excluding hydrogens is 256 g/mol. The first kappa shape index (κ1) is 13.3. The van der Waals surface area contributed by atoms with Crippen LogP contribution < -0.4 is 4.90 Å². The lowest BCUT2D eigenvalue weighted by molar-refractivity contribution is 0.0696. The van der Waals surface area contributed by atoms with Crippen molar-refractivity contribution in [2.45, 2.75) is 38.3 Å². The summed E-state index contributed by atoms with van der Waals surface area (Å²) in [5, 5.41) is 8.89. The van der Waals surface area contributed by atoms with Crippen molar-refractivity contribution in [3.63, 3.8) is 0 Å². The molecular formula is C14H20N4O2. The Morgan fingerprint density at radius 1 is 1.30 bits per heavy atom. The zero-order chi connectivity index (χ0) is 14.1. The molecule has 0 amide bonds. The quantitative estimate of drug-likeness (QED) is 0.876. The second kappa shape index (κ2) is 5.36. The normalized spacial score (nSPS) is 27.1. The fourth-order valence-electron chi connectivity index (χ4n) is 3.21. The molecule has 6 heteroatoms. The third kappa shape index (κ3) is 2.47. The number of piperidine rings is 1. The average molecular weight is 276 g/mol. The number of hydrogen-bond donors (Lipinski definition) is 1. The van der Waals surface area contributed by atoms with Crippen molar-refractivity contribution in [3.8, 4) is 0 Å². The first-order valence-electron chi connectivity index (χ1n) is 7.21. The van der Waals surface area contributed by atoms with E-state index in [0.717, 1.165) is 13.1 Å². The van der Waals surface area contributed by atoms with E-state index in [9.17, 15) is 4.79 Å². The summed E-state index contributed by atoms with van der Waals surface area (Å²) in [4.78, 5) is 24.1. The van der Waals surface area contributed by atoms with Crippen molar-refractivity contribution in [2.75, 3.05) is 24.5 Å². The van der Waals surface area contributed by atoms with Crippen molar-refractivity contribution >= 4 is 11.9 Å². The molecule has 0 spiro atoms. The highest BCUT2D eigenvalue weighted by molar-refractivity contribution is 5.86. The topological polar surface area (TPSA) is 69.6 Å². The summed E-state index contributed by atoms with van der Waals surface area (Å²) < 4.78 is 0. The Hall–Kier alpha value is -1.69. The van der Waals surface area contributed by atoms with Gasteiger partial charge in [-0.25, -0.2) is 14.8 Å². The molecule has 0 bridgehead atoms. The molecule has 108 valence electrons. The van der Waals surface area contributed by atoms with Gasteiger partial charge >= 0.3 is 5.97 Å². The molecule has 0 aliphatic carbocycles. The van der Waals surface area contributed by atoms with E-state index in [1.807, 2.05) is 0 Å². The summed E-state index contributed by atoms with van der Waals surface area (Å²) in [5.74, 6) is -0.338. The van der Waals surface area contributed by atoms with Gasteiger partial charge in [0, 0.05) is 37.6 Å². The molecule has 1 N–H and O–H groups in total. The van der Waals surface area contributed by atoms with E-state index in [4.69, 9.17) is 5.11 Å². The van der Waals surface area contributed by atoms with Crippen molar-refractivity contribution < 1.29 is 9.90 Å². The van der Waals surface area contributed by atoms with Gasteiger partial charge in [0.05, 0.1) is 5.56 Å². The highest BCUT2D eigenvalue weighted by Gasteiger charge is 2.34. The second-order valence-electron chi connectivity index (χ2n) is 5.72. The summed E-state index contributed by atoms with van der Waals surface area (Å²) in [6.07, 6.45) is 6.61. The average Bonchev–Trinajstić information content (AvgIpc) is 2.46. The van der Waals surface area contributed by atoms with Crippen LogP contribution >= 0.6 is 0 Å². The predicted octanol–water partition coefficient (Wildman–Crippen LogP) is 1.24. The Morgan fingerprint density at radius 2 is 2.05 bits per heavy atom. The van der Waals surface area contributed by atoms with Gasteiger partial charge in [-0.15, -0.1) is 0 Å². The molecule has 1 aromatic heterocycles. The van der Waals surface area contributed by atoms with E-state index in [-0.39, 0.29) is 5.56 Å². The number of rotatable bonds is 2. The van der Waals surface area contributed by atoms with Crippen LogP contribution in [0.2, 0.25) is 0 Å². The van der Waals surface area contributed by atoms with Crippen LogP contribution in [0.4, 0.5) is 5.95 Å². The van der Waals surface area contributed by atoms with E-state index in [2.05, 4.69) is 26.7 Å². The van der Waals surface area contributed by atoms with Crippen molar-refractivity contribution in [1.82, 2.24) is 14.9 Å². The van der Waals surface area contributed by atoms with Crippen LogP contribution in [-0.4, -0.2) is 57.7 Å². The molecule has 20 heavy (non-hydrogen) atoms. The predicted molar refractivity (Wildman–Crippen MR) is 75.0 cm³/mol. The van der Waals surface area contributed by atoms with Crippen LogP contribution in [0.3, 0.4) is 0 Å². The number of aromatic carboxylic acids is 1. The van der Waals surface area contributed by atoms with Crippen LogP contribution in [0.5, 0.6) is 0 Å². The maximum absolute atomic E-state index is 10.8. The third-order valence-corrected chi connectivity index (χ3v) is 4.33. The van der Waals surface area contributed by atoms with Gasteiger partial charge in [-0.2, -0.15) is 0 Å². The molecule has 2 aliphatic heterocycles. The number of nitrogens with zero attached hydrogens (tertiary/aromatic N) is 4. The number of carboxylic acids is 1. The molecule has 1 aromatic rings. The monoisotopic (exact) mass is 276 g/mol. The number of carbonyl (C=O) groups is 1. The number of carboxylic acid groups (broad SMARTS) is 1. The third-order valence-electron chi connectivity index (χ3n) is 4.33. The summed E-state index contributed by atoms with van der Waals surface area (Å²) in [6, 6.07) is 0.947. The number of fused-ring (bicyclic) bond motifs is 1. The van der Waals surface area contributed by atoms with Gasteiger partial charge in [-0.3, -0.25) is 4.90 Å². The first-order chi connectivity index (χ1) is 9.65. The van der Waals surface area contributed by atoms with Gasteiger partial charge in [0.1, 0.15) is 0 Å². The fraction of sp³-hybridized carbons (Fsp3) is 0.643. The molecule has 6 nitrogen and oxygen atoms in total. The zero-order valence-electron chi connectivity index (χ0n) is 11.7. The van der Waals surface area contributed by atoms with Gasteiger partial charge in [0.15, 0.2) is 0 Å². The summed E-state index contributed by atoms with van der Waals surface area (Å²) >= 11 is 0. The Bertz CT molecular complexity index is 490. The minimum absolute atomic E-state index is 0.137. The molecule has 0 aromatic carbocycles. The number of piperazine rings is 1. The first-order valence-corrected chi connectivity index (χ1v) is 7.21. The molecule has 2 unspecified atom stereocenters. The molecule has 2 saturated heterocycles. The van der Waals surface area contributed by atoms with Crippen molar-refractivity contribution in [3.05, 3.63) is 18.0 Å². The molecule has 2 atom stereocenters. The van der Waals surface area contributed by atoms with Gasteiger partial charge in [-0.1, -0.05) is 6.42 Å². The molecule has 0 saturated carbocycles. The SMILES string of the molecule is CC1CN2CCCCC2CN1c1ncc(C(=O)O)cn1. The molecule has 3 heterocycles. The van der Waals surface area contributed by atoms with Crippen LogP contribution in [0.15, 0.2) is 12.4 Å². The van der Waals surface area contributed by atoms with E-state index in [1.54, 1.807) is 0 Å². The minimum Gasteiger partial charge on any atom is -0.478 e. The Balaban J connectivity index is 1.77. The van der Waals surface area contributed by atoms with Crippen LogP contribution in [0.25, 0.3) is 0 Å². The van der Waals surface area contributed by atoms with Gasteiger partial charge < -0.3 is 10.0 Å². The van der Waals surface area contributed by atoms with Gasteiger partial charge in [0.25, 0.3) is 0 Å². The molecule has 0 radical (unpaired) electrons. The fourth-order valence-corrected chi connectivity index (χ4v) is 3.21. The van der Waals surface area contributed by atoms with E-state index in [0.29, 0.717) is 18.0 Å². The number of anilines is 1. The smallest absolute Gasteiger partial charge is 0.338 e. The number of hydrogen-bond acceptors (Lipinski definition) is 5. The van der Waals surface area contributed by atoms with E-state index < -0.39 is 5.97 Å². The van der Waals surface area contributed by atoms with Crippen LogP contribution in [-0.2, 0) is 0 Å². The van der Waals surface area contributed by atoms with Gasteiger partial charge in [-0.05, 0) is 26.3 Å². The van der Waals surface area contributed by atoms with Gasteiger partial charge in [0.2, 0.25) is 5.95 Å². The second-order valence-corrected chi connectivity index (χ2v) is 5.72. The largest absolute Gasteiger partial charge is 0.478 e. The summed E-state index contributed by atoms with van der Waals surface area (Å²) in [7, 11) is 0. The lowest BCUT2D eigenvalue weighted by Crippen LogP contribution is -2.59. The summed E-state index contributed by atoms with van der Waals surface area (Å²) in [5.41, 5.74) is 0.137. The van der Waals surface area contributed by atoms with Crippen molar-refractivity contribution in [1.29, 1.82) is 0 Å². The standard InChI is InChI=1S/C14H20N4O2/c1-10-8-17-5-3-2-4-12(17)9-18(10)14-15-6-11(7-16-14)13(19)20/h6-7,10,12H,2-5,8-9H2,1H3,(H,19,20). The Kier molecular flexibility index (Phi) is 3.56.